The highest BCUT2D eigenvalue weighted by molar-refractivity contribution is 7.14. The molecule has 1 aromatic carbocycles. The van der Waals surface area contributed by atoms with Crippen LogP contribution in [0.2, 0.25) is 10.2 Å². The second kappa shape index (κ2) is 8.27. The maximum Gasteiger partial charge on any atom is 0.338 e. The highest BCUT2D eigenvalue weighted by atomic mass is 35.5. The molecule has 0 radical (unpaired) electrons. The molecule has 0 atom stereocenters. The first-order valence-electron chi connectivity index (χ1n) is 7.31. The number of esters is 1. The smallest absolute Gasteiger partial charge is 0.338 e. The lowest BCUT2D eigenvalue weighted by Gasteiger charge is -2.04. The van der Waals surface area contributed by atoms with Gasteiger partial charge in [0.1, 0.15) is 5.15 Å². The highest BCUT2D eigenvalue weighted by Gasteiger charge is 2.13. The van der Waals surface area contributed by atoms with Crippen LogP contribution in [0.3, 0.4) is 0 Å². The molecular weight excluding hydrogens is 397 g/mol. The summed E-state index contributed by atoms with van der Waals surface area (Å²) in [5.41, 5.74) is 1.81. The second-order valence-electron chi connectivity index (χ2n) is 5.04. The van der Waals surface area contributed by atoms with E-state index in [2.05, 4.69) is 15.3 Å². The lowest BCUT2D eigenvalue weighted by atomic mass is 10.2. The summed E-state index contributed by atoms with van der Waals surface area (Å²) >= 11 is 12.8. The van der Waals surface area contributed by atoms with Gasteiger partial charge in [0.15, 0.2) is 11.7 Å². The summed E-state index contributed by atoms with van der Waals surface area (Å²) in [5.74, 6) is -1.15. The van der Waals surface area contributed by atoms with Crippen molar-refractivity contribution >= 4 is 51.5 Å². The number of pyridine rings is 1. The van der Waals surface area contributed by atoms with Gasteiger partial charge in [-0.05, 0) is 24.3 Å². The Morgan fingerprint density at radius 3 is 2.65 bits per heavy atom. The fourth-order valence-corrected chi connectivity index (χ4v) is 3.02. The third kappa shape index (κ3) is 4.78. The van der Waals surface area contributed by atoms with E-state index in [9.17, 15) is 9.59 Å². The maximum atomic E-state index is 11.9. The van der Waals surface area contributed by atoms with E-state index in [0.717, 1.165) is 5.56 Å². The zero-order valence-corrected chi connectivity index (χ0v) is 15.4. The van der Waals surface area contributed by atoms with E-state index in [1.807, 2.05) is 17.5 Å². The second-order valence-corrected chi connectivity index (χ2v) is 6.72. The van der Waals surface area contributed by atoms with Gasteiger partial charge in [0, 0.05) is 22.2 Å². The summed E-state index contributed by atoms with van der Waals surface area (Å²) in [6, 6.07) is 10.0. The molecule has 0 saturated heterocycles. The van der Waals surface area contributed by atoms with Crippen molar-refractivity contribution in [3.05, 3.63) is 63.7 Å². The van der Waals surface area contributed by atoms with E-state index < -0.39 is 18.5 Å². The number of carbonyl (C=O) groups excluding carboxylic acids is 2. The van der Waals surface area contributed by atoms with Crippen LogP contribution in [0.1, 0.15) is 10.4 Å². The summed E-state index contributed by atoms with van der Waals surface area (Å²) in [6.45, 7) is -0.436. The van der Waals surface area contributed by atoms with E-state index in [0.29, 0.717) is 15.8 Å². The van der Waals surface area contributed by atoms with Crippen LogP contribution in [-0.2, 0) is 9.53 Å². The van der Waals surface area contributed by atoms with Crippen molar-refractivity contribution in [1.29, 1.82) is 0 Å². The van der Waals surface area contributed by atoms with Gasteiger partial charge in [0.05, 0.1) is 11.3 Å². The number of carbonyl (C=O) groups is 2. The standard InChI is InChI=1S/C17H11Cl2N3O3S/c18-12-3-1-10(2-4-12)13-9-26-17(21-13)22-15(23)8-25-16(24)11-5-6-20-14(19)7-11/h1-7,9H,8H2,(H,21,22,23). The maximum absolute atomic E-state index is 11.9. The number of halogens is 2. The predicted octanol–water partition coefficient (Wildman–Crippen LogP) is 4.31. The number of ether oxygens (including phenoxy) is 1. The Morgan fingerprint density at radius 2 is 1.92 bits per heavy atom. The molecule has 0 fully saturated rings. The number of hydrogen-bond donors (Lipinski definition) is 1. The van der Waals surface area contributed by atoms with E-state index in [1.54, 1.807) is 12.1 Å². The molecular formula is C17H11Cl2N3O3S. The van der Waals surface area contributed by atoms with Gasteiger partial charge in [-0.3, -0.25) is 10.1 Å². The van der Waals surface area contributed by atoms with Crippen LogP contribution in [0.25, 0.3) is 11.3 Å². The van der Waals surface area contributed by atoms with Gasteiger partial charge in [-0.15, -0.1) is 11.3 Å². The van der Waals surface area contributed by atoms with Crippen LogP contribution < -0.4 is 5.32 Å². The van der Waals surface area contributed by atoms with Gasteiger partial charge in [-0.1, -0.05) is 35.3 Å². The molecule has 0 spiro atoms. The van der Waals surface area contributed by atoms with Gasteiger partial charge in [0.25, 0.3) is 5.91 Å². The molecule has 0 aliphatic carbocycles. The number of rotatable bonds is 5. The van der Waals surface area contributed by atoms with Crippen molar-refractivity contribution in [2.45, 2.75) is 0 Å². The molecule has 0 aliphatic heterocycles. The minimum absolute atomic E-state index is 0.168. The minimum Gasteiger partial charge on any atom is -0.452 e. The Bertz CT molecular complexity index is 944. The molecule has 0 unspecified atom stereocenters. The number of nitrogens with zero attached hydrogens (tertiary/aromatic N) is 2. The molecule has 0 bridgehead atoms. The lowest BCUT2D eigenvalue weighted by molar-refractivity contribution is -0.119. The van der Waals surface area contributed by atoms with E-state index >= 15 is 0 Å². The fraction of sp³-hybridized carbons (Fsp3) is 0.0588. The van der Waals surface area contributed by atoms with Gasteiger partial charge in [-0.25, -0.2) is 14.8 Å². The summed E-state index contributed by atoms with van der Waals surface area (Å²) in [7, 11) is 0. The SMILES string of the molecule is O=C(COC(=O)c1ccnc(Cl)c1)Nc1nc(-c2ccc(Cl)cc2)cs1. The number of aromatic nitrogens is 2. The normalized spacial score (nSPS) is 10.4. The van der Waals surface area contributed by atoms with Crippen LogP contribution >= 0.6 is 34.5 Å². The van der Waals surface area contributed by atoms with Crippen LogP contribution in [-0.4, -0.2) is 28.5 Å². The molecule has 3 rings (SSSR count). The summed E-state index contributed by atoms with van der Waals surface area (Å²) < 4.78 is 4.95. The first kappa shape index (κ1) is 18.3. The van der Waals surface area contributed by atoms with Crippen molar-refractivity contribution in [2.24, 2.45) is 0 Å². The quantitative estimate of drug-likeness (QED) is 0.503. The number of benzene rings is 1. The van der Waals surface area contributed by atoms with Crippen molar-refractivity contribution in [3.8, 4) is 11.3 Å². The third-order valence-corrected chi connectivity index (χ3v) is 4.40. The van der Waals surface area contributed by atoms with Crippen LogP contribution in [0.4, 0.5) is 5.13 Å². The molecule has 132 valence electrons. The van der Waals surface area contributed by atoms with Crippen LogP contribution in [0.5, 0.6) is 0 Å². The number of thiazole rings is 1. The van der Waals surface area contributed by atoms with E-state index in [1.165, 1.54) is 29.7 Å². The molecule has 2 heterocycles. The molecule has 6 nitrogen and oxygen atoms in total. The average Bonchev–Trinajstić information content (AvgIpc) is 3.08. The number of anilines is 1. The van der Waals surface area contributed by atoms with E-state index in [4.69, 9.17) is 27.9 Å². The molecule has 9 heteroatoms. The van der Waals surface area contributed by atoms with Crippen molar-refractivity contribution in [3.63, 3.8) is 0 Å². The first-order valence-corrected chi connectivity index (χ1v) is 8.95. The van der Waals surface area contributed by atoms with Crippen LogP contribution in [0, 0.1) is 0 Å². The van der Waals surface area contributed by atoms with Crippen molar-refractivity contribution in [1.82, 2.24) is 9.97 Å². The number of nitrogens with one attached hydrogen (secondary N) is 1. The topological polar surface area (TPSA) is 81.2 Å². The molecule has 3 aromatic rings. The number of amides is 1. The minimum atomic E-state index is -0.662. The van der Waals surface area contributed by atoms with Gasteiger partial charge >= 0.3 is 5.97 Å². The monoisotopic (exact) mass is 407 g/mol. The van der Waals surface area contributed by atoms with E-state index in [-0.39, 0.29) is 10.7 Å². The predicted molar refractivity (Wildman–Crippen MR) is 101 cm³/mol. The average molecular weight is 408 g/mol. The molecule has 0 saturated carbocycles. The first-order chi connectivity index (χ1) is 12.5. The molecule has 1 amide bonds. The molecule has 2 aromatic heterocycles. The molecule has 0 aliphatic rings. The van der Waals surface area contributed by atoms with Gasteiger partial charge in [0.2, 0.25) is 0 Å². The van der Waals surface area contributed by atoms with Crippen molar-refractivity contribution in [2.75, 3.05) is 11.9 Å². The highest BCUT2D eigenvalue weighted by Crippen LogP contribution is 2.25. The third-order valence-electron chi connectivity index (χ3n) is 3.19. The Morgan fingerprint density at radius 1 is 1.15 bits per heavy atom. The Hall–Kier alpha value is -2.48. The van der Waals surface area contributed by atoms with Crippen molar-refractivity contribution < 1.29 is 14.3 Å². The molecule has 1 N–H and O–H groups in total. The zero-order chi connectivity index (χ0) is 18.5. The lowest BCUT2D eigenvalue weighted by Crippen LogP contribution is -2.20. The fourth-order valence-electron chi connectivity index (χ4n) is 1.98. The Balaban J connectivity index is 1.55. The zero-order valence-electron chi connectivity index (χ0n) is 13.1. The largest absolute Gasteiger partial charge is 0.452 e. The molecule has 26 heavy (non-hydrogen) atoms. The summed E-state index contributed by atoms with van der Waals surface area (Å²) in [5, 5.41) is 5.61. The number of hydrogen-bond acceptors (Lipinski definition) is 6. The van der Waals surface area contributed by atoms with Gasteiger partial charge < -0.3 is 4.74 Å². The Labute approximate surface area is 162 Å². The summed E-state index contributed by atoms with van der Waals surface area (Å²) in [4.78, 5) is 31.9. The van der Waals surface area contributed by atoms with Crippen LogP contribution in [0.15, 0.2) is 48.0 Å². The summed E-state index contributed by atoms with van der Waals surface area (Å²) in [6.07, 6.45) is 1.38. The van der Waals surface area contributed by atoms with Gasteiger partial charge in [-0.2, -0.15) is 0 Å². The Kier molecular flexibility index (Phi) is 5.82.